The van der Waals surface area contributed by atoms with E-state index in [-0.39, 0.29) is 6.04 Å². The van der Waals surface area contributed by atoms with Crippen LogP contribution >= 0.6 is 22.9 Å². The van der Waals surface area contributed by atoms with E-state index in [4.69, 9.17) is 17.3 Å². The average molecular weight is 295 g/mol. The Balaban J connectivity index is 2.22. The summed E-state index contributed by atoms with van der Waals surface area (Å²) in [7, 11) is 2.08. The summed E-state index contributed by atoms with van der Waals surface area (Å²) in [6.07, 6.45) is 1.06. The van der Waals surface area contributed by atoms with E-state index in [2.05, 4.69) is 49.2 Å². The second-order valence-electron chi connectivity index (χ2n) is 4.52. The van der Waals surface area contributed by atoms with Crippen LogP contribution in [0.4, 0.5) is 5.69 Å². The molecule has 102 valence electrons. The van der Waals surface area contributed by atoms with Gasteiger partial charge in [-0.25, -0.2) is 0 Å². The van der Waals surface area contributed by atoms with Gasteiger partial charge in [-0.2, -0.15) is 0 Å². The van der Waals surface area contributed by atoms with Crippen LogP contribution in [0.15, 0.2) is 36.4 Å². The molecule has 0 fully saturated rings. The zero-order valence-corrected chi connectivity index (χ0v) is 12.8. The van der Waals surface area contributed by atoms with Gasteiger partial charge in [-0.3, -0.25) is 0 Å². The van der Waals surface area contributed by atoms with E-state index in [1.165, 1.54) is 16.1 Å². The molecule has 0 bridgehead atoms. The molecule has 1 aromatic heterocycles. The molecule has 0 saturated carbocycles. The van der Waals surface area contributed by atoms with E-state index in [9.17, 15) is 0 Å². The molecule has 19 heavy (non-hydrogen) atoms. The maximum atomic E-state index is 6.01. The van der Waals surface area contributed by atoms with Gasteiger partial charge in [0.05, 0.1) is 10.4 Å². The summed E-state index contributed by atoms with van der Waals surface area (Å²) in [6, 6.07) is 12.8. The lowest BCUT2D eigenvalue weighted by atomic mass is 10.1. The fourth-order valence-corrected chi connectivity index (χ4v) is 3.34. The molecule has 2 rings (SSSR count). The van der Waals surface area contributed by atoms with Gasteiger partial charge in [0.15, 0.2) is 0 Å². The maximum Gasteiger partial charge on any atom is 0.0932 e. The monoisotopic (exact) mass is 294 g/mol. The minimum Gasteiger partial charge on any atom is -0.365 e. The summed E-state index contributed by atoms with van der Waals surface area (Å²) < 4.78 is 0.809. The molecule has 1 heterocycles. The number of benzene rings is 1. The summed E-state index contributed by atoms with van der Waals surface area (Å²) in [5, 5.41) is 0. The number of rotatable bonds is 5. The number of halogens is 1. The third-order valence-electron chi connectivity index (χ3n) is 3.37. The molecule has 2 aromatic rings. The van der Waals surface area contributed by atoms with Crippen molar-refractivity contribution in [2.24, 2.45) is 5.73 Å². The maximum absolute atomic E-state index is 6.01. The molecular formula is C15H19ClN2S. The van der Waals surface area contributed by atoms with Crippen LogP contribution in [0.2, 0.25) is 4.34 Å². The number of nitrogens with zero attached hydrogens (tertiary/aromatic N) is 1. The molecule has 0 radical (unpaired) electrons. The fourth-order valence-electron chi connectivity index (χ4n) is 2.12. The van der Waals surface area contributed by atoms with Gasteiger partial charge in [0, 0.05) is 24.2 Å². The molecule has 4 heteroatoms. The van der Waals surface area contributed by atoms with Crippen LogP contribution < -0.4 is 10.6 Å². The third-order valence-corrected chi connectivity index (χ3v) is 4.70. The highest BCUT2D eigenvalue weighted by Crippen LogP contribution is 2.32. The van der Waals surface area contributed by atoms with E-state index in [1.54, 1.807) is 11.3 Å². The molecule has 1 unspecified atom stereocenters. The molecule has 0 saturated heterocycles. The van der Waals surface area contributed by atoms with Crippen molar-refractivity contribution in [3.05, 3.63) is 51.2 Å². The molecule has 1 atom stereocenters. The molecule has 0 aliphatic heterocycles. The van der Waals surface area contributed by atoms with Crippen LogP contribution in [0, 0.1) is 0 Å². The topological polar surface area (TPSA) is 29.3 Å². The van der Waals surface area contributed by atoms with Gasteiger partial charge in [0.25, 0.3) is 0 Å². The number of anilines is 1. The van der Waals surface area contributed by atoms with Crippen molar-refractivity contribution in [1.82, 2.24) is 0 Å². The van der Waals surface area contributed by atoms with Crippen molar-refractivity contribution in [3.8, 4) is 0 Å². The number of hydrogen-bond acceptors (Lipinski definition) is 3. The van der Waals surface area contributed by atoms with Crippen molar-refractivity contribution in [1.29, 1.82) is 0 Å². The Morgan fingerprint density at radius 2 is 1.89 bits per heavy atom. The van der Waals surface area contributed by atoms with Crippen LogP contribution in [0.5, 0.6) is 0 Å². The van der Waals surface area contributed by atoms with Crippen molar-refractivity contribution in [3.63, 3.8) is 0 Å². The van der Waals surface area contributed by atoms with Crippen LogP contribution in [0.1, 0.15) is 23.4 Å². The Hall–Kier alpha value is -1.03. The van der Waals surface area contributed by atoms with Gasteiger partial charge >= 0.3 is 0 Å². The van der Waals surface area contributed by atoms with Crippen LogP contribution in [0.25, 0.3) is 0 Å². The zero-order valence-electron chi connectivity index (χ0n) is 11.3. The molecule has 2 nitrogen and oxygen atoms in total. The van der Waals surface area contributed by atoms with Gasteiger partial charge in [-0.15, -0.1) is 11.3 Å². The molecule has 2 N–H and O–H groups in total. The largest absolute Gasteiger partial charge is 0.365 e. The average Bonchev–Trinajstić information content (AvgIpc) is 2.86. The van der Waals surface area contributed by atoms with Gasteiger partial charge in [0.1, 0.15) is 0 Å². The highest BCUT2D eigenvalue weighted by atomic mass is 35.5. The van der Waals surface area contributed by atoms with E-state index in [0.29, 0.717) is 6.54 Å². The molecular weight excluding hydrogens is 276 g/mol. The number of nitrogens with two attached hydrogens (primary N) is 1. The lowest BCUT2D eigenvalue weighted by Crippen LogP contribution is -2.29. The minimum atomic E-state index is 0.171. The first-order valence-corrected chi connectivity index (χ1v) is 7.62. The van der Waals surface area contributed by atoms with E-state index >= 15 is 0 Å². The Bertz CT molecular complexity index is 521. The lowest BCUT2D eigenvalue weighted by molar-refractivity contribution is 0.692. The quantitative estimate of drug-likeness (QED) is 0.899. The number of hydrogen-bond donors (Lipinski definition) is 1. The summed E-state index contributed by atoms with van der Waals surface area (Å²) in [5.74, 6) is 0. The van der Waals surface area contributed by atoms with Crippen LogP contribution in [0.3, 0.4) is 0 Å². The number of aryl methyl sites for hydroxylation is 1. The predicted octanol–water partition coefficient (Wildman–Crippen LogP) is 4.10. The second-order valence-corrected chi connectivity index (χ2v) is 6.27. The summed E-state index contributed by atoms with van der Waals surface area (Å²) >= 11 is 7.61. The number of thiophene rings is 1. The Morgan fingerprint density at radius 3 is 2.37 bits per heavy atom. The normalized spacial score (nSPS) is 12.4. The van der Waals surface area contributed by atoms with Gasteiger partial charge in [0.2, 0.25) is 0 Å². The minimum absolute atomic E-state index is 0.171. The Morgan fingerprint density at radius 1 is 1.21 bits per heavy atom. The molecule has 0 spiro atoms. The first kappa shape index (κ1) is 14.4. The van der Waals surface area contributed by atoms with Crippen LogP contribution in [-0.4, -0.2) is 13.6 Å². The van der Waals surface area contributed by atoms with Crippen molar-refractivity contribution in [2.45, 2.75) is 19.4 Å². The highest BCUT2D eigenvalue weighted by Gasteiger charge is 2.17. The third kappa shape index (κ3) is 3.30. The first-order chi connectivity index (χ1) is 9.15. The smallest absolute Gasteiger partial charge is 0.0932 e. The van der Waals surface area contributed by atoms with Gasteiger partial charge in [-0.1, -0.05) is 30.7 Å². The summed E-state index contributed by atoms with van der Waals surface area (Å²) in [6.45, 7) is 2.73. The fraction of sp³-hybridized carbons (Fsp3) is 0.333. The summed E-state index contributed by atoms with van der Waals surface area (Å²) in [5.41, 5.74) is 8.46. The second kappa shape index (κ2) is 6.42. The van der Waals surface area contributed by atoms with Gasteiger partial charge in [-0.05, 0) is 36.2 Å². The molecule has 0 amide bonds. The SMILES string of the molecule is CCc1ccc(N(C)C(CN)c2ccc(Cl)s2)cc1. The van der Waals surface area contributed by atoms with Crippen LogP contribution in [-0.2, 0) is 6.42 Å². The Labute approximate surface area is 123 Å². The number of likely N-dealkylation sites (N-methyl/N-ethyl adjacent to an activating group) is 1. The highest BCUT2D eigenvalue weighted by molar-refractivity contribution is 7.16. The van der Waals surface area contributed by atoms with E-state index < -0.39 is 0 Å². The van der Waals surface area contributed by atoms with Gasteiger partial charge < -0.3 is 10.6 Å². The van der Waals surface area contributed by atoms with E-state index in [0.717, 1.165) is 10.8 Å². The lowest BCUT2D eigenvalue weighted by Gasteiger charge is -2.28. The molecule has 0 aliphatic rings. The van der Waals surface area contributed by atoms with Crippen molar-refractivity contribution < 1.29 is 0 Å². The predicted molar refractivity (Wildman–Crippen MR) is 85.3 cm³/mol. The zero-order chi connectivity index (χ0) is 13.8. The first-order valence-electron chi connectivity index (χ1n) is 6.42. The molecule has 1 aromatic carbocycles. The van der Waals surface area contributed by atoms with E-state index in [1.807, 2.05) is 6.07 Å². The standard InChI is InChI=1S/C15H19ClN2S/c1-3-11-4-6-12(7-5-11)18(2)13(10-17)14-8-9-15(16)19-14/h4-9,13H,3,10,17H2,1-2H3. The summed E-state index contributed by atoms with van der Waals surface area (Å²) in [4.78, 5) is 3.41. The van der Waals surface area contributed by atoms with Crippen molar-refractivity contribution in [2.75, 3.05) is 18.5 Å². The Kier molecular flexibility index (Phi) is 4.86. The van der Waals surface area contributed by atoms with Crippen molar-refractivity contribution >= 4 is 28.6 Å². The molecule has 0 aliphatic carbocycles.